The van der Waals surface area contributed by atoms with E-state index in [1.807, 2.05) is 30.6 Å². The van der Waals surface area contributed by atoms with Gasteiger partial charge >= 0.3 is 11.9 Å². The fraction of sp³-hybridized carbons (Fsp3) is 0.121. The molecule has 1 aromatic heterocycles. The molecule has 0 aliphatic carbocycles. The first-order valence-electron chi connectivity index (χ1n) is 12.7. The number of methoxy groups -OCH3 is 2. The highest BCUT2D eigenvalue weighted by Gasteiger charge is 2.26. The van der Waals surface area contributed by atoms with Gasteiger partial charge in [-0.3, -0.25) is 0 Å². The van der Waals surface area contributed by atoms with Crippen molar-refractivity contribution in [3.8, 4) is 0 Å². The molecule has 0 fully saturated rings. The van der Waals surface area contributed by atoms with Crippen molar-refractivity contribution in [2.75, 3.05) is 14.2 Å². The summed E-state index contributed by atoms with van der Waals surface area (Å²) in [5.41, 5.74) is 4.23. The van der Waals surface area contributed by atoms with Gasteiger partial charge in [0.15, 0.2) is 11.0 Å². The monoisotopic (exact) mass is 515 g/mol. The second kappa shape index (κ2) is 10.1. The third-order valence-corrected chi connectivity index (χ3v) is 7.16. The quantitative estimate of drug-likeness (QED) is 0.205. The molecule has 1 heterocycles. The standard InChI is InChI=1S/C33H27N2O4/c1-38-32(36)28-17-30-31(18-29(28)33(37)39-2)35(20-23-12-14-25-8-4-6-10-27(25)16-23)21-34(30)19-22-11-13-24-7-3-5-9-26(24)15-22/h3-18,21H,19-20H2,1-2H3/q+1. The summed E-state index contributed by atoms with van der Waals surface area (Å²) in [4.78, 5) is 25.4. The van der Waals surface area contributed by atoms with E-state index < -0.39 is 11.9 Å². The lowest BCUT2D eigenvalue weighted by Gasteiger charge is -2.07. The average Bonchev–Trinajstić information content (AvgIpc) is 3.30. The zero-order chi connectivity index (χ0) is 26.9. The molecule has 6 heteroatoms. The zero-order valence-corrected chi connectivity index (χ0v) is 21.8. The Bertz CT molecular complexity index is 1750. The lowest BCUT2D eigenvalue weighted by molar-refractivity contribution is -0.663. The predicted molar refractivity (Wildman–Crippen MR) is 151 cm³/mol. The van der Waals surface area contributed by atoms with Crippen LogP contribution in [0, 0.1) is 0 Å². The van der Waals surface area contributed by atoms with Gasteiger partial charge in [0, 0.05) is 12.1 Å². The molecule has 0 unspecified atom stereocenters. The van der Waals surface area contributed by atoms with Gasteiger partial charge in [-0.2, -0.15) is 0 Å². The van der Waals surface area contributed by atoms with Gasteiger partial charge in [-0.15, -0.1) is 0 Å². The van der Waals surface area contributed by atoms with E-state index in [-0.39, 0.29) is 11.1 Å². The molecule has 6 rings (SSSR count). The van der Waals surface area contributed by atoms with E-state index in [0.717, 1.165) is 22.2 Å². The van der Waals surface area contributed by atoms with Crippen molar-refractivity contribution in [2.24, 2.45) is 0 Å². The van der Waals surface area contributed by atoms with Gasteiger partial charge in [0.2, 0.25) is 6.33 Å². The SMILES string of the molecule is COC(=O)c1cc2c(cc1C(=O)OC)[n+](Cc1ccc3ccccc3c1)cn2Cc1ccc2ccccc2c1. The third kappa shape index (κ3) is 4.61. The van der Waals surface area contributed by atoms with Crippen LogP contribution < -0.4 is 4.57 Å². The normalized spacial score (nSPS) is 11.2. The molecule has 0 saturated carbocycles. The Morgan fingerprint density at radius 2 is 1.21 bits per heavy atom. The van der Waals surface area contributed by atoms with Crippen LogP contribution in [0.4, 0.5) is 0 Å². The number of ether oxygens (including phenoxy) is 2. The summed E-state index contributed by atoms with van der Waals surface area (Å²) >= 11 is 0. The van der Waals surface area contributed by atoms with Crippen molar-refractivity contribution in [3.63, 3.8) is 0 Å². The summed E-state index contributed by atoms with van der Waals surface area (Å²) in [5, 5.41) is 4.69. The Labute approximate surface area is 225 Å². The molecular formula is C33H27N2O4+. The third-order valence-electron chi connectivity index (χ3n) is 7.16. The number of fused-ring (bicyclic) bond motifs is 3. The number of benzene rings is 5. The highest BCUT2D eigenvalue weighted by atomic mass is 16.5. The minimum Gasteiger partial charge on any atom is -0.465 e. The van der Waals surface area contributed by atoms with Crippen LogP contribution in [-0.2, 0) is 22.6 Å². The molecule has 0 N–H and O–H groups in total. The molecule has 0 saturated heterocycles. The molecule has 192 valence electrons. The fourth-order valence-corrected chi connectivity index (χ4v) is 5.21. The largest absolute Gasteiger partial charge is 0.465 e. The van der Waals surface area contributed by atoms with E-state index in [4.69, 9.17) is 9.47 Å². The Morgan fingerprint density at radius 1 is 0.667 bits per heavy atom. The van der Waals surface area contributed by atoms with Crippen molar-refractivity contribution < 1.29 is 23.6 Å². The van der Waals surface area contributed by atoms with Gasteiger partial charge in [0.25, 0.3) is 0 Å². The first-order chi connectivity index (χ1) is 19.0. The van der Waals surface area contributed by atoms with Crippen LogP contribution in [0.3, 0.4) is 0 Å². The molecule has 0 radical (unpaired) electrons. The minimum absolute atomic E-state index is 0.174. The van der Waals surface area contributed by atoms with Crippen molar-refractivity contribution in [2.45, 2.75) is 13.1 Å². The second-order valence-electron chi connectivity index (χ2n) is 9.60. The zero-order valence-electron chi connectivity index (χ0n) is 21.8. The summed E-state index contributed by atoms with van der Waals surface area (Å²) in [7, 11) is 2.61. The van der Waals surface area contributed by atoms with Gasteiger partial charge in [0.05, 0.1) is 25.3 Å². The maximum absolute atomic E-state index is 12.7. The number of aromatic nitrogens is 2. The smallest absolute Gasteiger partial charge is 0.338 e. The molecule has 0 aliphatic rings. The lowest BCUT2D eigenvalue weighted by Crippen LogP contribution is -2.33. The van der Waals surface area contributed by atoms with Gasteiger partial charge in [-0.25, -0.2) is 18.7 Å². The van der Waals surface area contributed by atoms with E-state index >= 15 is 0 Å². The summed E-state index contributed by atoms with van der Waals surface area (Å²) < 4.78 is 14.2. The van der Waals surface area contributed by atoms with E-state index in [9.17, 15) is 9.59 Å². The van der Waals surface area contributed by atoms with Crippen LogP contribution in [0.15, 0.2) is 103 Å². The van der Waals surface area contributed by atoms with Crippen molar-refractivity contribution in [1.29, 1.82) is 0 Å². The number of carbonyl (C=O) groups is 2. The summed E-state index contributed by atoms with van der Waals surface area (Å²) in [6.45, 7) is 1.18. The van der Waals surface area contributed by atoms with Crippen molar-refractivity contribution in [1.82, 2.24) is 4.57 Å². The Kier molecular flexibility index (Phi) is 6.29. The van der Waals surface area contributed by atoms with Crippen LogP contribution in [0.5, 0.6) is 0 Å². The van der Waals surface area contributed by atoms with Gasteiger partial charge < -0.3 is 9.47 Å². The molecular weight excluding hydrogens is 488 g/mol. The number of hydrogen-bond acceptors (Lipinski definition) is 4. The molecule has 6 nitrogen and oxygen atoms in total. The Hall–Kier alpha value is -4.97. The first-order valence-corrected chi connectivity index (χ1v) is 12.7. The number of imidazole rings is 1. The van der Waals surface area contributed by atoms with Gasteiger partial charge in [0.1, 0.15) is 13.1 Å². The topological polar surface area (TPSA) is 61.4 Å². The average molecular weight is 516 g/mol. The molecule has 0 atom stereocenters. The van der Waals surface area contributed by atoms with Gasteiger partial charge in [-0.1, -0.05) is 72.8 Å². The molecule has 5 aromatic carbocycles. The second-order valence-corrected chi connectivity index (χ2v) is 9.60. The highest BCUT2D eigenvalue weighted by molar-refractivity contribution is 6.06. The number of rotatable bonds is 6. The maximum atomic E-state index is 12.7. The van der Waals surface area contributed by atoms with E-state index in [2.05, 4.69) is 69.8 Å². The van der Waals surface area contributed by atoms with Gasteiger partial charge in [-0.05, 0) is 44.8 Å². The molecule has 0 spiro atoms. The molecule has 0 bridgehead atoms. The number of esters is 2. The van der Waals surface area contributed by atoms with Crippen LogP contribution in [-0.4, -0.2) is 30.7 Å². The van der Waals surface area contributed by atoms with E-state index in [1.165, 1.54) is 35.8 Å². The number of hydrogen-bond donors (Lipinski definition) is 0. The lowest BCUT2D eigenvalue weighted by atomic mass is 10.0. The highest BCUT2D eigenvalue weighted by Crippen LogP contribution is 2.24. The molecule has 6 aromatic rings. The van der Waals surface area contributed by atoms with Crippen LogP contribution in [0.1, 0.15) is 31.8 Å². The first kappa shape index (κ1) is 24.4. The summed E-state index contributed by atoms with van der Waals surface area (Å²) in [5.74, 6) is -1.17. The number of nitrogens with zero attached hydrogens (tertiary/aromatic N) is 2. The maximum Gasteiger partial charge on any atom is 0.338 e. The van der Waals surface area contributed by atoms with E-state index in [0.29, 0.717) is 13.1 Å². The Balaban J connectivity index is 1.50. The molecule has 39 heavy (non-hydrogen) atoms. The Morgan fingerprint density at radius 3 is 1.82 bits per heavy atom. The molecule has 0 amide bonds. The van der Waals surface area contributed by atoms with Crippen LogP contribution in [0.25, 0.3) is 32.6 Å². The minimum atomic E-state index is -0.586. The van der Waals surface area contributed by atoms with Crippen molar-refractivity contribution in [3.05, 3.63) is 126 Å². The molecule has 0 aliphatic heterocycles. The summed E-state index contributed by atoms with van der Waals surface area (Å²) in [6.07, 6.45) is 2.04. The van der Waals surface area contributed by atoms with Crippen LogP contribution in [0.2, 0.25) is 0 Å². The summed E-state index contributed by atoms with van der Waals surface area (Å²) in [6, 6.07) is 32.8. The fourth-order valence-electron chi connectivity index (χ4n) is 5.21. The number of carbonyl (C=O) groups excluding carboxylic acids is 2. The van der Waals surface area contributed by atoms with Crippen LogP contribution >= 0.6 is 0 Å². The predicted octanol–water partition coefficient (Wildman–Crippen LogP) is 5.91. The van der Waals surface area contributed by atoms with E-state index in [1.54, 1.807) is 12.1 Å². The van der Waals surface area contributed by atoms with Crippen molar-refractivity contribution >= 4 is 44.5 Å².